The maximum atomic E-state index is 12.1. The van der Waals surface area contributed by atoms with E-state index < -0.39 is 11.4 Å². The zero-order valence-electron chi connectivity index (χ0n) is 10.9. The van der Waals surface area contributed by atoms with Crippen LogP contribution in [-0.2, 0) is 26.0 Å². The van der Waals surface area contributed by atoms with E-state index in [9.17, 15) is 9.59 Å². The maximum absolute atomic E-state index is 12.1. The van der Waals surface area contributed by atoms with Gasteiger partial charge in [0.1, 0.15) is 5.56 Å². The van der Waals surface area contributed by atoms with Crippen LogP contribution in [0.4, 0.5) is 0 Å². The van der Waals surface area contributed by atoms with Crippen LogP contribution in [0.5, 0.6) is 11.5 Å². The predicted octanol–water partition coefficient (Wildman–Crippen LogP) is 1.45. The van der Waals surface area contributed by atoms with E-state index in [1.807, 2.05) is 6.92 Å². The van der Waals surface area contributed by atoms with Gasteiger partial charge in [0.05, 0.1) is 10.9 Å². The summed E-state index contributed by atoms with van der Waals surface area (Å²) in [6.07, 6.45) is 1.36. The average Bonchev–Trinajstić information content (AvgIpc) is 2.84. The van der Waals surface area contributed by atoms with Crippen molar-refractivity contribution in [2.24, 2.45) is 0 Å². The van der Waals surface area contributed by atoms with Crippen molar-refractivity contribution in [1.82, 2.24) is 4.57 Å². The summed E-state index contributed by atoms with van der Waals surface area (Å²) in [4.78, 5) is 23.2. The summed E-state index contributed by atoms with van der Waals surface area (Å²) in [7, 11) is 0. The molecule has 0 aliphatic carbocycles. The number of carboxylic acids is 1. The topological polar surface area (TPSA) is 77.8 Å². The van der Waals surface area contributed by atoms with Crippen LogP contribution in [0, 0.1) is 0 Å². The molecular weight excluding hydrogens is 316 g/mol. The van der Waals surface area contributed by atoms with E-state index in [2.05, 4.69) is 0 Å². The van der Waals surface area contributed by atoms with Crippen LogP contribution in [0.15, 0.2) is 23.1 Å². The molecule has 2 aromatic rings. The number of fused-ring (bicyclic) bond motifs is 2. The van der Waals surface area contributed by atoms with Crippen molar-refractivity contribution in [3.8, 4) is 11.5 Å². The number of aryl methyl sites for hydroxylation is 1. The molecule has 0 saturated heterocycles. The molecule has 100 valence electrons. The molecule has 0 atom stereocenters. The van der Waals surface area contributed by atoms with Gasteiger partial charge in [-0.25, -0.2) is 4.79 Å². The minimum atomic E-state index is -1.23. The fourth-order valence-corrected chi connectivity index (χ4v) is 2.19. The summed E-state index contributed by atoms with van der Waals surface area (Å²) in [5.74, 6) is -0.196. The van der Waals surface area contributed by atoms with Gasteiger partial charge in [-0.3, -0.25) is 4.79 Å². The Hall–Kier alpha value is -1.88. The second-order valence-corrected chi connectivity index (χ2v) is 4.19. The van der Waals surface area contributed by atoms with Crippen molar-refractivity contribution in [3.63, 3.8) is 0 Å². The third-order valence-corrected chi connectivity index (χ3v) is 3.15. The Balaban J connectivity index is 0.00000147. The average molecular weight is 327 g/mol. The molecule has 0 saturated carbocycles. The Labute approximate surface area is 126 Å². The molecule has 0 radical (unpaired) electrons. The first kappa shape index (κ1) is 14.5. The molecule has 1 N–H and O–H groups in total. The number of pyridine rings is 1. The molecule has 0 amide bonds. The first-order valence-corrected chi connectivity index (χ1v) is 5.82. The van der Waals surface area contributed by atoms with E-state index in [0.717, 1.165) is 0 Å². The number of benzene rings is 1. The van der Waals surface area contributed by atoms with Crippen LogP contribution in [0.1, 0.15) is 17.3 Å². The summed E-state index contributed by atoms with van der Waals surface area (Å²) in [6, 6.07) is 3.24. The van der Waals surface area contributed by atoms with Gasteiger partial charge in [-0.15, -0.1) is 0 Å². The number of carbonyl (C=O) groups is 1. The summed E-state index contributed by atoms with van der Waals surface area (Å²) >= 11 is 0. The van der Waals surface area contributed by atoms with Gasteiger partial charge in [-0.2, -0.15) is 0 Å². The second kappa shape index (κ2) is 5.25. The van der Waals surface area contributed by atoms with Gasteiger partial charge < -0.3 is 19.1 Å². The third-order valence-electron chi connectivity index (χ3n) is 3.15. The van der Waals surface area contributed by atoms with Crippen molar-refractivity contribution < 1.29 is 38.9 Å². The van der Waals surface area contributed by atoms with Crippen LogP contribution < -0.4 is 14.9 Å². The quantitative estimate of drug-likeness (QED) is 0.845. The van der Waals surface area contributed by atoms with E-state index >= 15 is 0 Å². The minimum Gasteiger partial charge on any atom is -0.477 e. The molecule has 2 heterocycles. The van der Waals surface area contributed by atoms with Crippen LogP contribution >= 0.6 is 0 Å². The van der Waals surface area contributed by atoms with Crippen molar-refractivity contribution in [2.75, 3.05) is 6.79 Å². The van der Waals surface area contributed by atoms with E-state index in [1.54, 1.807) is 16.7 Å². The van der Waals surface area contributed by atoms with Crippen molar-refractivity contribution in [2.45, 2.75) is 13.5 Å². The molecule has 20 heavy (non-hydrogen) atoms. The number of carboxylic acid groups (broad SMARTS) is 1. The molecule has 0 unspecified atom stereocenters. The Morgan fingerprint density at radius 2 is 2.00 bits per heavy atom. The van der Waals surface area contributed by atoms with Gasteiger partial charge >= 0.3 is 5.97 Å². The Morgan fingerprint density at radius 3 is 2.60 bits per heavy atom. The van der Waals surface area contributed by atoms with Gasteiger partial charge in [-0.05, 0) is 13.0 Å². The van der Waals surface area contributed by atoms with Crippen LogP contribution in [-0.4, -0.2) is 22.4 Å². The SMILES string of the molecule is CCn1cc(C(=O)O)c(=O)c2cc3c(cc21)OCO3.[Zn]. The summed E-state index contributed by atoms with van der Waals surface area (Å²) < 4.78 is 12.2. The maximum Gasteiger partial charge on any atom is 0.341 e. The third kappa shape index (κ3) is 2.08. The normalized spacial score (nSPS) is 12.2. The van der Waals surface area contributed by atoms with Crippen molar-refractivity contribution in [3.05, 3.63) is 34.1 Å². The van der Waals surface area contributed by atoms with E-state index in [-0.39, 0.29) is 31.8 Å². The number of nitrogens with zero attached hydrogens (tertiary/aromatic N) is 1. The van der Waals surface area contributed by atoms with E-state index in [0.29, 0.717) is 28.9 Å². The zero-order chi connectivity index (χ0) is 13.6. The largest absolute Gasteiger partial charge is 0.477 e. The number of aromatic nitrogens is 1. The predicted molar refractivity (Wildman–Crippen MR) is 67.0 cm³/mol. The van der Waals surface area contributed by atoms with Gasteiger partial charge in [-0.1, -0.05) is 0 Å². The fraction of sp³-hybridized carbons (Fsp3) is 0.231. The molecule has 7 heteroatoms. The van der Waals surface area contributed by atoms with Crippen molar-refractivity contribution >= 4 is 16.9 Å². The van der Waals surface area contributed by atoms with Crippen molar-refractivity contribution in [1.29, 1.82) is 0 Å². The summed E-state index contributed by atoms with van der Waals surface area (Å²) in [5, 5.41) is 9.39. The van der Waals surface area contributed by atoms with Crippen LogP contribution in [0.2, 0.25) is 0 Å². The molecule has 0 bridgehead atoms. The number of aromatic carboxylic acids is 1. The zero-order valence-corrected chi connectivity index (χ0v) is 13.8. The molecular formula is C13H11NO5Zn. The van der Waals surface area contributed by atoms with Gasteiger partial charge in [0.25, 0.3) is 0 Å². The molecule has 1 aromatic heterocycles. The first-order chi connectivity index (χ1) is 9.11. The van der Waals surface area contributed by atoms with Crippen LogP contribution in [0.3, 0.4) is 0 Å². The van der Waals surface area contributed by atoms with E-state index in [4.69, 9.17) is 14.6 Å². The van der Waals surface area contributed by atoms with Gasteiger partial charge in [0.2, 0.25) is 12.2 Å². The molecule has 6 nitrogen and oxygen atoms in total. The number of rotatable bonds is 2. The van der Waals surface area contributed by atoms with Gasteiger partial charge in [0.15, 0.2) is 11.5 Å². The Morgan fingerprint density at radius 1 is 1.35 bits per heavy atom. The molecule has 1 aliphatic heterocycles. The first-order valence-electron chi connectivity index (χ1n) is 5.82. The number of hydrogen-bond donors (Lipinski definition) is 1. The Bertz CT molecular complexity index is 752. The molecule has 1 aromatic carbocycles. The molecule has 3 rings (SSSR count). The molecule has 1 aliphatic rings. The van der Waals surface area contributed by atoms with Gasteiger partial charge in [0, 0.05) is 38.3 Å². The summed E-state index contributed by atoms with van der Waals surface area (Å²) in [6.45, 7) is 2.54. The smallest absolute Gasteiger partial charge is 0.341 e. The standard InChI is InChI=1S/C13H11NO5.Zn/c1-2-14-5-8(13(16)17)12(15)7-3-10-11(4-9(7)14)19-6-18-10;/h3-5H,2,6H2,1H3,(H,16,17);. The van der Waals surface area contributed by atoms with E-state index in [1.165, 1.54) is 6.20 Å². The van der Waals surface area contributed by atoms with Crippen LogP contribution in [0.25, 0.3) is 10.9 Å². The summed E-state index contributed by atoms with van der Waals surface area (Å²) in [5.41, 5.74) is -0.111. The Kier molecular flexibility index (Phi) is 3.81. The number of hydrogen-bond acceptors (Lipinski definition) is 4. The second-order valence-electron chi connectivity index (χ2n) is 4.19. The number of ether oxygens (including phenoxy) is 2. The molecule has 0 fully saturated rings. The fourth-order valence-electron chi connectivity index (χ4n) is 2.19. The minimum absolute atomic E-state index is 0. The monoisotopic (exact) mass is 325 g/mol. The molecule has 0 spiro atoms.